The normalized spacial score (nSPS) is 11.5. The van der Waals surface area contributed by atoms with E-state index >= 15 is 0 Å². The molecular formula is C20H13F2N3O6S. The molecule has 164 valence electrons. The number of carbonyl (C=O) groups excluding carboxylic acids is 2. The van der Waals surface area contributed by atoms with E-state index in [4.69, 9.17) is 4.42 Å². The zero-order chi connectivity index (χ0) is 23.0. The van der Waals surface area contributed by atoms with Crippen LogP contribution in [-0.2, 0) is 14.8 Å². The average Bonchev–Trinajstić information content (AvgIpc) is 3.46. The third-order valence-corrected chi connectivity index (χ3v) is 5.89. The molecule has 1 aromatic carbocycles. The Morgan fingerprint density at radius 2 is 1.94 bits per heavy atom. The molecule has 0 spiro atoms. The maximum Gasteiger partial charge on any atom is 0.374 e. The first kappa shape index (κ1) is 21.2. The first-order valence-electron chi connectivity index (χ1n) is 8.89. The van der Waals surface area contributed by atoms with Crippen LogP contribution in [0.3, 0.4) is 0 Å². The van der Waals surface area contributed by atoms with Crippen molar-refractivity contribution >= 4 is 38.5 Å². The number of fused-ring (bicyclic) bond motifs is 1. The molecule has 0 aliphatic rings. The van der Waals surface area contributed by atoms with Crippen LogP contribution in [0.2, 0.25) is 0 Å². The lowest BCUT2D eigenvalue weighted by molar-refractivity contribution is 0.0558. The highest BCUT2D eigenvalue weighted by molar-refractivity contribution is 7.92. The van der Waals surface area contributed by atoms with Crippen LogP contribution in [0.5, 0.6) is 0 Å². The number of ketones is 1. The van der Waals surface area contributed by atoms with E-state index in [2.05, 4.69) is 14.7 Å². The second-order valence-corrected chi connectivity index (χ2v) is 8.10. The fourth-order valence-corrected chi connectivity index (χ4v) is 3.96. The summed E-state index contributed by atoms with van der Waals surface area (Å²) in [5, 5.41) is -0.474. The fourth-order valence-electron chi connectivity index (χ4n) is 2.97. The number of aromatic amines is 1. The topological polar surface area (TPSA) is 123 Å². The minimum Gasteiger partial charge on any atom is -0.463 e. The van der Waals surface area contributed by atoms with Crippen LogP contribution < -0.4 is 4.53 Å². The number of H-pyrrole nitrogens is 1. The predicted molar refractivity (Wildman–Crippen MR) is 107 cm³/mol. The van der Waals surface area contributed by atoms with Crippen LogP contribution >= 0.6 is 0 Å². The summed E-state index contributed by atoms with van der Waals surface area (Å²) in [6.07, 6.45) is 2.83. The zero-order valence-corrected chi connectivity index (χ0v) is 17.0. The van der Waals surface area contributed by atoms with Gasteiger partial charge in [0, 0.05) is 23.3 Å². The van der Waals surface area contributed by atoms with Crippen molar-refractivity contribution in [2.45, 2.75) is 5.09 Å². The molecule has 0 aliphatic heterocycles. The van der Waals surface area contributed by atoms with Crippen molar-refractivity contribution in [3.63, 3.8) is 0 Å². The second kappa shape index (κ2) is 7.89. The van der Waals surface area contributed by atoms with Crippen molar-refractivity contribution in [3.05, 3.63) is 77.6 Å². The first-order chi connectivity index (χ1) is 15.2. The monoisotopic (exact) mass is 461 g/mol. The predicted octanol–water partition coefficient (Wildman–Crippen LogP) is 3.39. The first-order valence-corrected chi connectivity index (χ1v) is 10.3. The third-order valence-electron chi connectivity index (χ3n) is 4.53. The molecule has 32 heavy (non-hydrogen) atoms. The number of methoxy groups -OCH3 is 1. The molecular weight excluding hydrogens is 448 g/mol. The highest BCUT2D eigenvalue weighted by Crippen LogP contribution is 2.29. The summed E-state index contributed by atoms with van der Waals surface area (Å²) >= 11 is 0. The van der Waals surface area contributed by atoms with Gasteiger partial charge in [-0.3, -0.25) is 4.79 Å². The molecule has 0 bridgehead atoms. The number of ether oxygens (including phenoxy) is 1. The van der Waals surface area contributed by atoms with Gasteiger partial charge in [-0.25, -0.2) is 14.2 Å². The summed E-state index contributed by atoms with van der Waals surface area (Å²) in [6, 6.07) is 7.40. The Morgan fingerprint density at radius 1 is 1.16 bits per heavy atom. The summed E-state index contributed by atoms with van der Waals surface area (Å²) in [5.74, 6) is -3.20. The maximum absolute atomic E-state index is 14.9. The Morgan fingerprint density at radius 3 is 2.69 bits per heavy atom. The molecule has 4 rings (SSSR count). The molecule has 1 N–H and O–H groups in total. The maximum atomic E-state index is 14.9. The molecule has 3 aromatic heterocycles. The summed E-state index contributed by atoms with van der Waals surface area (Å²) in [5.41, 5.74) is -0.740. The minimum absolute atomic E-state index is 0.0752. The number of sulfonamides is 1. The number of aromatic nitrogens is 2. The van der Waals surface area contributed by atoms with Gasteiger partial charge in [-0.15, -0.1) is 0 Å². The molecule has 0 radical (unpaired) electrons. The Balaban J connectivity index is 1.71. The second-order valence-electron chi connectivity index (χ2n) is 6.43. The average molecular weight is 461 g/mol. The van der Waals surface area contributed by atoms with Gasteiger partial charge in [-0.05, 0) is 42.5 Å². The van der Waals surface area contributed by atoms with Crippen molar-refractivity contribution in [1.29, 1.82) is 0 Å². The number of furan rings is 1. The van der Waals surface area contributed by atoms with Crippen molar-refractivity contribution in [2.24, 2.45) is 0 Å². The molecule has 0 fully saturated rings. The number of hydrogen-bond donors (Lipinski definition) is 1. The van der Waals surface area contributed by atoms with E-state index in [0.29, 0.717) is 11.0 Å². The van der Waals surface area contributed by atoms with Gasteiger partial charge in [0.05, 0.1) is 18.4 Å². The van der Waals surface area contributed by atoms with E-state index in [0.717, 1.165) is 37.4 Å². The molecule has 0 amide bonds. The summed E-state index contributed by atoms with van der Waals surface area (Å²) < 4.78 is 63.0. The number of anilines is 1. The minimum atomic E-state index is -4.91. The van der Waals surface area contributed by atoms with Gasteiger partial charge in [0.2, 0.25) is 10.9 Å². The fraction of sp³-hybridized carbons (Fsp3) is 0.0500. The van der Waals surface area contributed by atoms with Gasteiger partial charge < -0.3 is 14.1 Å². The van der Waals surface area contributed by atoms with Gasteiger partial charge in [-0.2, -0.15) is 8.42 Å². The van der Waals surface area contributed by atoms with Crippen LogP contribution in [0.4, 0.5) is 14.6 Å². The molecule has 0 atom stereocenters. The summed E-state index contributed by atoms with van der Waals surface area (Å²) in [7, 11) is -3.86. The van der Waals surface area contributed by atoms with Crippen molar-refractivity contribution < 1.29 is 36.0 Å². The quantitative estimate of drug-likeness (QED) is 0.265. The van der Waals surface area contributed by atoms with E-state index in [9.17, 15) is 26.9 Å². The van der Waals surface area contributed by atoms with Crippen molar-refractivity contribution in [3.8, 4) is 0 Å². The number of halogens is 2. The van der Waals surface area contributed by atoms with Crippen LogP contribution in [0, 0.1) is 5.82 Å². The number of nitrogens with one attached hydrogen (secondary N) is 1. The van der Waals surface area contributed by atoms with Gasteiger partial charge >= 0.3 is 16.0 Å². The number of benzene rings is 1. The van der Waals surface area contributed by atoms with Gasteiger partial charge in [-0.1, -0.05) is 9.01 Å². The van der Waals surface area contributed by atoms with Crippen LogP contribution in [0.1, 0.15) is 26.5 Å². The van der Waals surface area contributed by atoms with Gasteiger partial charge in [0.25, 0.3) is 0 Å². The van der Waals surface area contributed by atoms with Crippen LogP contribution in [-0.4, -0.2) is 37.2 Å². The lowest BCUT2D eigenvalue weighted by Crippen LogP contribution is -2.22. The Labute approximate surface area is 179 Å². The van der Waals surface area contributed by atoms with Crippen molar-refractivity contribution in [1.82, 2.24) is 9.97 Å². The van der Waals surface area contributed by atoms with E-state index in [1.54, 1.807) is 12.1 Å². The number of rotatable bonds is 6. The van der Waals surface area contributed by atoms with Crippen LogP contribution in [0.15, 0.2) is 64.4 Å². The number of pyridine rings is 1. The lowest BCUT2D eigenvalue weighted by atomic mass is 10.0. The smallest absolute Gasteiger partial charge is 0.374 e. The van der Waals surface area contributed by atoms with E-state index in [1.165, 1.54) is 12.4 Å². The van der Waals surface area contributed by atoms with E-state index in [-0.39, 0.29) is 5.56 Å². The SMILES string of the molecule is COC(=O)c1ccc(S(=O)(=O)N(F)c2ccc(F)c(C(=O)c3c[nH]c4ncccc34)c2)o1. The molecule has 0 unspecified atom stereocenters. The number of nitrogens with zero attached hydrogens (tertiary/aromatic N) is 2. The Bertz CT molecular complexity index is 1460. The van der Waals surface area contributed by atoms with E-state index in [1.807, 2.05) is 0 Å². The standard InChI is InChI=1S/C20H13F2N3O6S/c1-30-20(27)16-6-7-17(31-16)32(28,29)25(22)11-4-5-15(21)13(9-11)18(26)14-10-24-19-12(14)3-2-8-23-19/h2-10H,1H3,(H,23,24). The van der Waals surface area contributed by atoms with Gasteiger partial charge in [0.1, 0.15) is 11.5 Å². The Kier molecular flexibility index (Phi) is 5.22. The van der Waals surface area contributed by atoms with Gasteiger partial charge in [0.15, 0.2) is 5.78 Å². The number of carbonyl (C=O) groups is 2. The Hall–Kier alpha value is -4.06. The third kappa shape index (κ3) is 3.50. The number of hydrogen-bond acceptors (Lipinski definition) is 7. The largest absolute Gasteiger partial charge is 0.463 e. The zero-order valence-electron chi connectivity index (χ0n) is 16.2. The van der Waals surface area contributed by atoms with Crippen molar-refractivity contribution in [2.75, 3.05) is 11.6 Å². The molecule has 3 heterocycles. The highest BCUT2D eigenvalue weighted by atomic mass is 32.2. The molecule has 12 heteroatoms. The molecule has 4 aromatic rings. The molecule has 0 saturated carbocycles. The molecule has 0 saturated heterocycles. The number of esters is 1. The summed E-state index contributed by atoms with van der Waals surface area (Å²) in [4.78, 5) is 31.2. The lowest BCUT2D eigenvalue weighted by Gasteiger charge is -2.13. The highest BCUT2D eigenvalue weighted by Gasteiger charge is 2.31. The van der Waals surface area contributed by atoms with Crippen LogP contribution in [0.25, 0.3) is 11.0 Å². The molecule has 9 nitrogen and oxygen atoms in total. The van der Waals surface area contributed by atoms with E-state index < -0.39 is 54.2 Å². The summed E-state index contributed by atoms with van der Waals surface area (Å²) in [6.45, 7) is 0. The molecule has 0 aliphatic carbocycles.